The van der Waals surface area contributed by atoms with Crippen LogP contribution in [0.4, 0.5) is 5.69 Å². The van der Waals surface area contributed by atoms with Crippen molar-refractivity contribution in [1.29, 1.82) is 0 Å². The number of piperazine rings is 1. The quantitative estimate of drug-likeness (QED) is 0.476. The summed E-state index contributed by atoms with van der Waals surface area (Å²) in [6.07, 6.45) is 0. The standard InChI is InChI=1S/C14H22N4O2/c1-16-8-10-17(11-9-16)7-6-15-12-13-4-2-3-5-14(13)18(19)20/h2-5,15H,6-12H2,1H3. The molecule has 0 bridgehead atoms. The van der Waals surface area contributed by atoms with Gasteiger partial charge in [0.05, 0.1) is 4.92 Å². The number of hydrogen-bond acceptors (Lipinski definition) is 5. The van der Waals surface area contributed by atoms with Gasteiger partial charge in [0.1, 0.15) is 0 Å². The summed E-state index contributed by atoms with van der Waals surface area (Å²) in [5, 5.41) is 14.2. The summed E-state index contributed by atoms with van der Waals surface area (Å²) >= 11 is 0. The average Bonchev–Trinajstić information content (AvgIpc) is 2.46. The minimum atomic E-state index is -0.322. The third-order valence-corrected chi connectivity index (χ3v) is 3.70. The van der Waals surface area contributed by atoms with Crippen molar-refractivity contribution in [2.75, 3.05) is 46.3 Å². The molecule has 0 saturated carbocycles. The van der Waals surface area contributed by atoms with Crippen molar-refractivity contribution < 1.29 is 4.92 Å². The molecule has 1 aliphatic heterocycles. The molecule has 2 rings (SSSR count). The van der Waals surface area contributed by atoms with Gasteiger partial charge in [0.15, 0.2) is 0 Å². The Bertz CT molecular complexity index is 445. The van der Waals surface area contributed by atoms with Gasteiger partial charge < -0.3 is 10.2 Å². The van der Waals surface area contributed by atoms with Gasteiger partial charge in [-0.3, -0.25) is 15.0 Å². The van der Waals surface area contributed by atoms with Gasteiger partial charge in [0, 0.05) is 57.4 Å². The van der Waals surface area contributed by atoms with Crippen LogP contribution in [-0.2, 0) is 6.54 Å². The second kappa shape index (κ2) is 7.33. The summed E-state index contributed by atoms with van der Waals surface area (Å²) in [5.41, 5.74) is 0.940. The topological polar surface area (TPSA) is 61.6 Å². The van der Waals surface area contributed by atoms with Gasteiger partial charge in [0.2, 0.25) is 0 Å². The fourth-order valence-electron chi connectivity index (χ4n) is 2.37. The molecular weight excluding hydrogens is 256 g/mol. The first-order valence-electron chi connectivity index (χ1n) is 7.01. The molecule has 1 fully saturated rings. The Kier molecular flexibility index (Phi) is 5.46. The van der Waals surface area contributed by atoms with Crippen LogP contribution in [-0.4, -0.2) is 61.0 Å². The van der Waals surface area contributed by atoms with Crippen LogP contribution in [0, 0.1) is 10.1 Å². The van der Waals surface area contributed by atoms with Crippen LogP contribution in [0.2, 0.25) is 0 Å². The van der Waals surface area contributed by atoms with Crippen molar-refractivity contribution in [1.82, 2.24) is 15.1 Å². The second-order valence-corrected chi connectivity index (χ2v) is 5.21. The minimum Gasteiger partial charge on any atom is -0.311 e. The van der Waals surface area contributed by atoms with Gasteiger partial charge in [-0.15, -0.1) is 0 Å². The summed E-state index contributed by atoms with van der Waals surface area (Å²) in [4.78, 5) is 15.3. The molecule has 0 unspecified atom stereocenters. The normalized spacial score (nSPS) is 17.2. The number of likely N-dealkylation sites (N-methyl/N-ethyl adjacent to an activating group) is 1. The molecule has 6 heteroatoms. The summed E-state index contributed by atoms with van der Waals surface area (Å²) in [5.74, 6) is 0. The molecule has 0 radical (unpaired) electrons. The Hall–Kier alpha value is -1.50. The average molecular weight is 278 g/mol. The number of nitrogens with one attached hydrogen (secondary N) is 1. The molecule has 0 aromatic heterocycles. The van der Waals surface area contributed by atoms with Crippen molar-refractivity contribution in [3.05, 3.63) is 39.9 Å². The molecule has 1 N–H and O–H groups in total. The lowest BCUT2D eigenvalue weighted by Gasteiger charge is -2.32. The van der Waals surface area contributed by atoms with E-state index in [4.69, 9.17) is 0 Å². The molecule has 20 heavy (non-hydrogen) atoms. The lowest BCUT2D eigenvalue weighted by molar-refractivity contribution is -0.385. The fraction of sp³-hybridized carbons (Fsp3) is 0.571. The fourth-order valence-corrected chi connectivity index (χ4v) is 2.37. The van der Waals surface area contributed by atoms with Crippen molar-refractivity contribution in [3.63, 3.8) is 0 Å². The van der Waals surface area contributed by atoms with Crippen molar-refractivity contribution in [3.8, 4) is 0 Å². The Balaban J connectivity index is 1.72. The summed E-state index contributed by atoms with van der Waals surface area (Å²) in [6.45, 7) is 6.83. The molecule has 0 amide bonds. The number of nitrogens with zero attached hydrogens (tertiary/aromatic N) is 3. The first kappa shape index (κ1) is 14.9. The number of nitro groups is 1. The van der Waals surface area contributed by atoms with Crippen LogP contribution >= 0.6 is 0 Å². The predicted octanol–water partition coefficient (Wildman–Crippen LogP) is 0.932. The van der Waals surface area contributed by atoms with Crippen molar-refractivity contribution in [2.24, 2.45) is 0 Å². The van der Waals surface area contributed by atoms with Gasteiger partial charge in [-0.05, 0) is 7.05 Å². The van der Waals surface area contributed by atoms with Crippen LogP contribution in [0.3, 0.4) is 0 Å². The van der Waals surface area contributed by atoms with E-state index in [2.05, 4.69) is 22.2 Å². The maximum absolute atomic E-state index is 10.9. The summed E-state index contributed by atoms with van der Waals surface area (Å²) in [6, 6.07) is 6.90. The predicted molar refractivity (Wildman–Crippen MR) is 78.7 cm³/mol. The monoisotopic (exact) mass is 278 g/mol. The Morgan fingerprint density at radius 1 is 1.25 bits per heavy atom. The molecule has 6 nitrogen and oxygen atoms in total. The molecular formula is C14H22N4O2. The first-order chi connectivity index (χ1) is 9.66. The van der Waals surface area contributed by atoms with E-state index in [1.165, 1.54) is 0 Å². The van der Waals surface area contributed by atoms with Crippen LogP contribution in [0.5, 0.6) is 0 Å². The zero-order valence-electron chi connectivity index (χ0n) is 11.9. The molecule has 1 aromatic rings. The van der Waals surface area contributed by atoms with E-state index < -0.39 is 0 Å². The summed E-state index contributed by atoms with van der Waals surface area (Å²) < 4.78 is 0. The minimum absolute atomic E-state index is 0.194. The smallest absolute Gasteiger partial charge is 0.273 e. The largest absolute Gasteiger partial charge is 0.311 e. The number of benzene rings is 1. The number of para-hydroxylation sites is 1. The Labute approximate surface area is 119 Å². The van der Waals surface area contributed by atoms with Crippen LogP contribution < -0.4 is 5.32 Å². The van der Waals surface area contributed by atoms with E-state index in [0.717, 1.165) is 44.8 Å². The lowest BCUT2D eigenvalue weighted by atomic mass is 10.2. The molecule has 0 aliphatic carbocycles. The van der Waals surface area contributed by atoms with Gasteiger partial charge in [-0.1, -0.05) is 18.2 Å². The summed E-state index contributed by atoms with van der Waals surface area (Å²) in [7, 11) is 2.14. The SMILES string of the molecule is CN1CCN(CCNCc2ccccc2[N+](=O)[O-])CC1. The van der Waals surface area contributed by atoms with Crippen molar-refractivity contribution in [2.45, 2.75) is 6.54 Å². The zero-order valence-corrected chi connectivity index (χ0v) is 11.9. The molecule has 1 aliphatic rings. The molecule has 0 spiro atoms. The number of hydrogen-bond donors (Lipinski definition) is 1. The van der Waals surface area contributed by atoms with Gasteiger partial charge >= 0.3 is 0 Å². The van der Waals surface area contributed by atoms with E-state index in [0.29, 0.717) is 6.54 Å². The highest BCUT2D eigenvalue weighted by atomic mass is 16.6. The molecule has 1 aromatic carbocycles. The Morgan fingerprint density at radius 3 is 2.65 bits per heavy atom. The van der Waals surface area contributed by atoms with Crippen LogP contribution in [0.1, 0.15) is 5.56 Å². The van der Waals surface area contributed by atoms with Gasteiger partial charge in [0.25, 0.3) is 5.69 Å². The number of rotatable bonds is 6. The molecule has 0 atom stereocenters. The number of nitro benzene ring substituents is 1. The zero-order chi connectivity index (χ0) is 14.4. The van der Waals surface area contributed by atoms with Crippen LogP contribution in [0.25, 0.3) is 0 Å². The first-order valence-corrected chi connectivity index (χ1v) is 7.01. The van der Waals surface area contributed by atoms with E-state index in [-0.39, 0.29) is 10.6 Å². The Morgan fingerprint density at radius 2 is 1.95 bits per heavy atom. The van der Waals surface area contributed by atoms with Crippen LogP contribution in [0.15, 0.2) is 24.3 Å². The molecule has 1 saturated heterocycles. The maximum atomic E-state index is 10.9. The van der Waals surface area contributed by atoms with Gasteiger partial charge in [-0.25, -0.2) is 0 Å². The van der Waals surface area contributed by atoms with E-state index in [9.17, 15) is 10.1 Å². The third kappa shape index (κ3) is 4.26. The van der Waals surface area contributed by atoms with Gasteiger partial charge in [-0.2, -0.15) is 0 Å². The molecule has 1 heterocycles. The lowest BCUT2D eigenvalue weighted by Crippen LogP contribution is -2.46. The van der Waals surface area contributed by atoms with E-state index >= 15 is 0 Å². The highest BCUT2D eigenvalue weighted by molar-refractivity contribution is 5.39. The van der Waals surface area contributed by atoms with E-state index in [1.54, 1.807) is 18.2 Å². The third-order valence-electron chi connectivity index (χ3n) is 3.70. The van der Waals surface area contributed by atoms with E-state index in [1.807, 2.05) is 6.07 Å². The second-order valence-electron chi connectivity index (χ2n) is 5.21. The highest BCUT2D eigenvalue weighted by Gasteiger charge is 2.14. The van der Waals surface area contributed by atoms with Crippen molar-refractivity contribution >= 4 is 5.69 Å². The highest BCUT2D eigenvalue weighted by Crippen LogP contribution is 2.16. The molecule has 110 valence electrons. The maximum Gasteiger partial charge on any atom is 0.273 e.